The fourth-order valence-electron chi connectivity index (χ4n) is 2.00. The average Bonchev–Trinajstić information content (AvgIpc) is 2.60. The number of amides is 3. The number of carbonyl (C=O) groups is 3. The molecule has 0 saturated carbocycles. The molecule has 1 aliphatic rings. The van der Waals surface area contributed by atoms with Gasteiger partial charge >= 0.3 is 0 Å². The summed E-state index contributed by atoms with van der Waals surface area (Å²) in [5, 5.41) is 3.01. The third-order valence-corrected chi connectivity index (χ3v) is 3.29. The fourth-order valence-corrected chi connectivity index (χ4v) is 2.18. The normalized spacial score (nSPS) is 18.5. The summed E-state index contributed by atoms with van der Waals surface area (Å²) in [6.07, 6.45) is 0.148. The number of imide groups is 1. The Labute approximate surface area is 120 Å². The van der Waals surface area contributed by atoms with Crippen molar-refractivity contribution in [2.24, 2.45) is 5.92 Å². The van der Waals surface area contributed by atoms with E-state index < -0.39 is 5.91 Å². The summed E-state index contributed by atoms with van der Waals surface area (Å²) in [6, 6.07) is 4.65. The summed E-state index contributed by atoms with van der Waals surface area (Å²) >= 11 is 5.76. The highest BCUT2D eigenvalue weighted by Gasteiger charge is 2.36. The lowest BCUT2D eigenvalue weighted by Crippen LogP contribution is -2.37. The molecule has 0 bridgehead atoms. The molecule has 3 N–H and O–H groups in total. The highest BCUT2D eigenvalue weighted by atomic mass is 35.5. The van der Waals surface area contributed by atoms with Crippen molar-refractivity contribution in [2.75, 3.05) is 17.6 Å². The molecular weight excluding hydrogens is 282 g/mol. The van der Waals surface area contributed by atoms with Crippen LogP contribution in [0.3, 0.4) is 0 Å². The van der Waals surface area contributed by atoms with E-state index in [1.807, 2.05) is 0 Å². The van der Waals surface area contributed by atoms with Gasteiger partial charge in [0.15, 0.2) is 0 Å². The van der Waals surface area contributed by atoms with Crippen molar-refractivity contribution < 1.29 is 14.4 Å². The molecule has 0 aromatic heterocycles. The van der Waals surface area contributed by atoms with Crippen molar-refractivity contribution in [3.63, 3.8) is 0 Å². The van der Waals surface area contributed by atoms with Crippen molar-refractivity contribution in [1.29, 1.82) is 0 Å². The Bertz CT molecular complexity index is 588. The molecule has 7 heteroatoms. The van der Waals surface area contributed by atoms with Gasteiger partial charge < -0.3 is 11.1 Å². The van der Waals surface area contributed by atoms with Gasteiger partial charge in [0.1, 0.15) is 6.54 Å². The van der Waals surface area contributed by atoms with Gasteiger partial charge in [-0.3, -0.25) is 19.3 Å². The Kier molecular flexibility index (Phi) is 3.94. The van der Waals surface area contributed by atoms with Crippen LogP contribution in [-0.4, -0.2) is 29.2 Å². The van der Waals surface area contributed by atoms with E-state index in [4.69, 9.17) is 17.3 Å². The van der Waals surface area contributed by atoms with Gasteiger partial charge in [-0.1, -0.05) is 18.5 Å². The molecule has 1 saturated heterocycles. The Balaban J connectivity index is 2.03. The molecule has 1 aromatic carbocycles. The largest absolute Gasteiger partial charge is 0.397 e. The van der Waals surface area contributed by atoms with Gasteiger partial charge in [0.2, 0.25) is 17.7 Å². The Morgan fingerprint density at radius 2 is 2.20 bits per heavy atom. The van der Waals surface area contributed by atoms with Gasteiger partial charge in [0.25, 0.3) is 0 Å². The summed E-state index contributed by atoms with van der Waals surface area (Å²) in [6.45, 7) is 1.36. The quantitative estimate of drug-likeness (QED) is 0.648. The third kappa shape index (κ3) is 2.91. The number of nitrogens with one attached hydrogen (secondary N) is 1. The summed E-state index contributed by atoms with van der Waals surface area (Å²) < 4.78 is 0. The van der Waals surface area contributed by atoms with Gasteiger partial charge in [-0.25, -0.2) is 0 Å². The van der Waals surface area contributed by atoms with Crippen LogP contribution in [0.1, 0.15) is 13.3 Å². The molecule has 3 amide bonds. The van der Waals surface area contributed by atoms with E-state index in [0.29, 0.717) is 16.4 Å². The van der Waals surface area contributed by atoms with Gasteiger partial charge in [0, 0.05) is 17.4 Å². The minimum absolute atomic E-state index is 0.148. The van der Waals surface area contributed by atoms with Crippen LogP contribution in [0.25, 0.3) is 0 Å². The lowest BCUT2D eigenvalue weighted by atomic mass is 10.1. The van der Waals surface area contributed by atoms with Crippen molar-refractivity contribution >= 4 is 40.7 Å². The predicted molar refractivity (Wildman–Crippen MR) is 75.0 cm³/mol. The number of nitrogen functional groups attached to an aromatic ring is 1. The summed E-state index contributed by atoms with van der Waals surface area (Å²) in [5.74, 6) is -1.50. The number of benzene rings is 1. The number of hydrogen-bond donors (Lipinski definition) is 2. The van der Waals surface area contributed by atoms with Crippen molar-refractivity contribution in [3.8, 4) is 0 Å². The number of halogens is 1. The molecule has 1 heterocycles. The number of anilines is 2. The van der Waals surface area contributed by atoms with E-state index in [2.05, 4.69) is 5.32 Å². The molecule has 1 unspecified atom stereocenters. The van der Waals surface area contributed by atoms with E-state index in [1.165, 1.54) is 6.07 Å². The highest BCUT2D eigenvalue weighted by molar-refractivity contribution is 6.31. The molecule has 20 heavy (non-hydrogen) atoms. The third-order valence-electron chi connectivity index (χ3n) is 3.06. The molecular formula is C13H14ClN3O3. The second-order valence-corrected chi connectivity index (χ2v) is 5.14. The van der Waals surface area contributed by atoms with Crippen LogP contribution in [0.4, 0.5) is 11.4 Å². The molecule has 6 nitrogen and oxygen atoms in total. The molecule has 1 aromatic rings. The summed E-state index contributed by atoms with van der Waals surface area (Å²) in [7, 11) is 0. The average molecular weight is 296 g/mol. The topological polar surface area (TPSA) is 92.5 Å². The van der Waals surface area contributed by atoms with Crippen LogP contribution in [0.2, 0.25) is 5.02 Å². The number of rotatable bonds is 3. The van der Waals surface area contributed by atoms with Gasteiger partial charge in [-0.15, -0.1) is 0 Å². The molecule has 1 atom stereocenters. The first kappa shape index (κ1) is 14.3. The Morgan fingerprint density at radius 1 is 1.50 bits per heavy atom. The lowest BCUT2D eigenvalue weighted by Gasteiger charge is -2.14. The maximum atomic E-state index is 11.9. The van der Waals surface area contributed by atoms with Gasteiger partial charge in [-0.05, 0) is 18.2 Å². The van der Waals surface area contributed by atoms with E-state index in [9.17, 15) is 14.4 Å². The lowest BCUT2D eigenvalue weighted by molar-refractivity contribution is -0.142. The van der Waals surface area contributed by atoms with E-state index >= 15 is 0 Å². The SMILES string of the molecule is CC1CC(=O)N(CC(=O)Nc2ccc(Cl)cc2N)C1=O. The second-order valence-electron chi connectivity index (χ2n) is 4.70. The second kappa shape index (κ2) is 5.50. The van der Waals surface area contributed by atoms with Crippen molar-refractivity contribution in [2.45, 2.75) is 13.3 Å². The number of nitrogens with two attached hydrogens (primary N) is 1. The minimum atomic E-state index is -0.477. The van der Waals surface area contributed by atoms with Crippen LogP contribution in [0.5, 0.6) is 0 Å². The zero-order valence-corrected chi connectivity index (χ0v) is 11.6. The molecule has 0 spiro atoms. The van der Waals surface area contributed by atoms with Crippen molar-refractivity contribution in [3.05, 3.63) is 23.2 Å². The smallest absolute Gasteiger partial charge is 0.244 e. The van der Waals surface area contributed by atoms with Gasteiger partial charge in [0.05, 0.1) is 11.4 Å². The van der Waals surface area contributed by atoms with Crippen LogP contribution in [-0.2, 0) is 14.4 Å². The first-order valence-electron chi connectivity index (χ1n) is 6.07. The maximum absolute atomic E-state index is 11.9. The zero-order chi connectivity index (χ0) is 14.9. The van der Waals surface area contributed by atoms with Crippen LogP contribution >= 0.6 is 11.6 Å². The number of likely N-dealkylation sites (tertiary alicyclic amines) is 1. The maximum Gasteiger partial charge on any atom is 0.244 e. The molecule has 0 aliphatic carbocycles. The first-order chi connectivity index (χ1) is 9.38. The Hall–Kier alpha value is -2.08. The molecule has 2 rings (SSSR count). The number of nitrogens with zero attached hydrogens (tertiary/aromatic N) is 1. The van der Waals surface area contributed by atoms with Crippen LogP contribution in [0, 0.1) is 5.92 Å². The molecule has 0 radical (unpaired) electrons. The van der Waals surface area contributed by atoms with E-state index in [0.717, 1.165) is 4.90 Å². The minimum Gasteiger partial charge on any atom is -0.397 e. The van der Waals surface area contributed by atoms with E-state index in [-0.39, 0.29) is 30.7 Å². The zero-order valence-electron chi connectivity index (χ0n) is 10.9. The van der Waals surface area contributed by atoms with Crippen LogP contribution in [0.15, 0.2) is 18.2 Å². The highest BCUT2D eigenvalue weighted by Crippen LogP contribution is 2.23. The van der Waals surface area contributed by atoms with E-state index in [1.54, 1.807) is 19.1 Å². The number of carbonyl (C=O) groups excluding carboxylic acids is 3. The predicted octanol–water partition coefficient (Wildman–Crippen LogP) is 1.26. The number of hydrogen-bond acceptors (Lipinski definition) is 4. The standard InChI is InChI=1S/C13H14ClN3O3/c1-7-4-12(19)17(13(7)20)6-11(18)16-10-3-2-8(14)5-9(10)15/h2-3,5,7H,4,6,15H2,1H3,(H,16,18). The van der Waals surface area contributed by atoms with Gasteiger partial charge in [-0.2, -0.15) is 0 Å². The molecule has 1 fully saturated rings. The summed E-state index contributed by atoms with van der Waals surface area (Å²) in [4.78, 5) is 36.1. The molecule has 106 valence electrons. The van der Waals surface area contributed by atoms with Crippen LogP contribution < -0.4 is 11.1 Å². The summed E-state index contributed by atoms with van der Waals surface area (Å²) in [5.41, 5.74) is 6.42. The molecule has 1 aliphatic heterocycles. The first-order valence-corrected chi connectivity index (χ1v) is 6.45. The fraction of sp³-hybridized carbons (Fsp3) is 0.308. The van der Waals surface area contributed by atoms with Crippen molar-refractivity contribution in [1.82, 2.24) is 4.90 Å². The Morgan fingerprint density at radius 3 is 2.75 bits per heavy atom. The monoisotopic (exact) mass is 295 g/mol.